The van der Waals surface area contributed by atoms with Crippen LogP contribution in [0, 0.1) is 0 Å². The monoisotopic (exact) mass is 373 g/mol. The van der Waals surface area contributed by atoms with Gasteiger partial charge in [0, 0.05) is 0 Å². The highest BCUT2D eigenvalue weighted by Crippen LogP contribution is 2.30. The molecule has 3 rings (SSSR count). The molecule has 0 aromatic heterocycles. The van der Waals surface area contributed by atoms with Crippen LogP contribution in [0.1, 0.15) is 10.4 Å². The van der Waals surface area contributed by atoms with Crippen LogP contribution in [0.5, 0.6) is 5.75 Å². The zero-order valence-electron chi connectivity index (χ0n) is 13.0. The summed E-state index contributed by atoms with van der Waals surface area (Å²) in [6.45, 7) is -0.262. The number of ether oxygens (including phenoxy) is 1. The standard InChI is InChI=1S/C19H13Cl2NO3/c20-15-6-3-7-16(19(15)21)22-18(24)11-25-17-9-8-12-4-1-2-5-13(12)14(17)10-23/h1-10H,11H2,(H,22,24). The highest BCUT2D eigenvalue weighted by Gasteiger charge is 2.12. The SMILES string of the molecule is O=Cc1c(OCC(=O)Nc2cccc(Cl)c2Cl)ccc2ccccc12. The van der Waals surface area contributed by atoms with E-state index in [1.165, 1.54) is 0 Å². The summed E-state index contributed by atoms with van der Waals surface area (Å²) in [6, 6.07) is 15.9. The molecule has 0 saturated carbocycles. The van der Waals surface area contributed by atoms with Gasteiger partial charge in [-0.15, -0.1) is 0 Å². The summed E-state index contributed by atoms with van der Waals surface area (Å²) < 4.78 is 5.52. The van der Waals surface area contributed by atoms with Crippen molar-refractivity contribution >= 4 is 51.9 Å². The van der Waals surface area contributed by atoms with Crippen LogP contribution >= 0.6 is 23.2 Å². The molecule has 1 N–H and O–H groups in total. The Balaban J connectivity index is 1.75. The minimum Gasteiger partial charge on any atom is -0.483 e. The number of fused-ring (bicyclic) bond motifs is 1. The lowest BCUT2D eigenvalue weighted by atomic mass is 10.0. The molecule has 0 fully saturated rings. The lowest BCUT2D eigenvalue weighted by molar-refractivity contribution is -0.118. The van der Waals surface area contributed by atoms with Gasteiger partial charge >= 0.3 is 0 Å². The van der Waals surface area contributed by atoms with Gasteiger partial charge in [0.2, 0.25) is 0 Å². The van der Waals surface area contributed by atoms with E-state index in [4.69, 9.17) is 27.9 Å². The smallest absolute Gasteiger partial charge is 0.262 e. The number of rotatable bonds is 5. The van der Waals surface area contributed by atoms with Crippen LogP contribution in [0.3, 0.4) is 0 Å². The predicted octanol–water partition coefficient (Wildman–Crippen LogP) is 4.98. The number of carbonyl (C=O) groups excluding carboxylic acids is 2. The molecule has 0 aliphatic rings. The van der Waals surface area contributed by atoms with E-state index in [1.807, 2.05) is 30.3 Å². The van der Waals surface area contributed by atoms with Crippen molar-refractivity contribution in [3.63, 3.8) is 0 Å². The first kappa shape index (κ1) is 17.3. The molecule has 0 spiro atoms. The van der Waals surface area contributed by atoms with Gasteiger partial charge in [-0.2, -0.15) is 0 Å². The molecule has 0 radical (unpaired) electrons. The first-order chi connectivity index (χ1) is 12.1. The maximum Gasteiger partial charge on any atom is 0.262 e. The van der Waals surface area contributed by atoms with E-state index >= 15 is 0 Å². The third kappa shape index (κ3) is 3.76. The largest absolute Gasteiger partial charge is 0.483 e. The number of hydrogen-bond acceptors (Lipinski definition) is 3. The third-order valence-corrected chi connectivity index (χ3v) is 4.45. The average Bonchev–Trinajstić information content (AvgIpc) is 2.63. The Morgan fingerprint density at radius 3 is 2.64 bits per heavy atom. The Hall–Kier alpha value is -2.56. The topological polar surface area (TPSA) is 55.4 Å². The summed E-state index contributed by atoms with van der Waals surface area (Å²) in [4.78, 5) is 23.5. The molecule has 1 amide bonds. The van der Waals surface area contributed by atoms with Gasteiger partial charge in [0.1, 0.15) is 5.75 Å². The number of hydrogen-bond donors (Lipinski definition) is 1. The minimum atomic E-state index is -0.408. The van der Waals surface area contributed by atoms with Crippen LogP contribution in [0.2, 0.25) is 10.0 Å². The molecule has 3 aromatic rings. The zero-order chi connectivity index (χ0) is 17.8. The summed E-state index contributed by atoms with van der Waals surface area (Å²) in [7, 11) is 0. The van der Waals surface area contributed by atoms with Crippen molar-refractivity contribution in [2.24, 2.45) is 0 Å². The summed E-state index contributed by atoms with van der Waals surface area (Å²) in [5.74, 6) is -0.0600. The maximum atomic E-state index is 12.1. The fourth-order valence-electron chi connectivity index (χ4n) is 2.45. The van der Waals surface area contributed by atoms with Crippen molar-refractivity contribution in [1.82, 2.24) is 0 Å². The lowest BCUT2D eigenvalue weighted by Gasteiger charge is -2.12. The molecule has 4 nitrogen and oxygen atoms in total. The van der Waals surface area contributed by atoms with Crippen LogP contribution in [0.25, 0.3) is 10.8 Å². The van der Waals surface area contributed by atoms with E-state index in [0.717, 1.165) is 17.1 Å². The molecule has 25 heavy (non-hydrogen) atoms. The van der Waals surface area contributed by atoms with E-state index in [2.05, 4.69) is 5.32 Å². The Morgan fingerprint density at radius 1 is 1.04 bits per heavy atom. The zero-order valence-corrected chi connectivity index (χ0v) is 14.5. The van der Waals surface area contributed by atoms with Crippen molar-refractivity contribution in [3.05, 3.63) is 70.2 Å². The van der Waals surface area contributed by atoms with E-state index in [0.29, 0.717) is 22.0 Å². The first-order valence-corrected chi connectivity index (χ1v) is 8.19. The predicted molar refractivity (Wildman–Crippen MR) is 99.9 cm³/mol. The number of nitrogens with one attached hydrogen (secondary N) is 1. The van der Waals surface area contributed by atoms with Gasteiger partial charge in [0.25, 0.3) is 5.91 Å². The van der Waals surface area contributed by atoms with Gasteiger partial charge in [-0.05, 0) is 29.0 Å². The van der Waals surface area contributed by atoms with E-state index in [9.17, 15) is 9.59 Å². The molecule has 0 unspecified atom stereocenters. The highest BCUT2D eigenvalue weighted by molar-refractivity contribution is 6.44. The molecular formula is C19H13Cl2NO3. The van der Waals surface area contributed by atoms with Crippen molar-refractivity contribution in [1.29, 1.82) is 0 Å². The summed E-state index contributed by atoms with van der Waals surface area (Å²) >= 11 is 11.9. The molecule has 0 heterocycles. The Bertz CT molecular complexity index is 957. The van der Waals surface area contributed by atoms with Crippen molar-refractivity contribution in [3.8, 4) is 5.75 Å². The molecule has 0 atom stereocenters. The van der Waals surface area contributed by atoms with Gasteiger partial charge in [0.05, 0.1) is 21.3 Å². The second-order valence-electron chi connectivity index (χ2n) is 5.25. The molecule has 3 aromatic carbocycles. The summed E-state index contributed by atoms with van der Waals surface area (Å²) in [6.07, 6.45) is 0.726. The molecule has 6 heteroatoms. The number of anilines is 1. The Morgan fingerprint density at radius 2 is 1.84 bits per heavy atom. The molecule has 0 aliphatic carbocycles. The third-order valence-electron chi connectivity index (χ3n) is 3.63. The second-order valence-corrected chi connectivity index (χ2v) is 6.04. The second kappa shape index (κ2) is 7.55. The normalized spacial score (nSPS) is 10.5. The van der Waals surface area contributed by atoms with Gasteiger partial charge in [-0.25, -0.2) is 0 Å². The first-order valence-electron chi connectivity index (χ1n) is 7.43. The quantitative estimate of drug-likeness (QED) is 0.641. The van der Waals surface area contributed by atoms with E-state index < -0.39 is 5.91 Å². The summed E-state index contributed by atoms with van der Waals surface area (Å²) in [5.41, 5.74) is 0.809. The maximum absolute atomic E-state index is 12.1. The Kier molecular flexibility index (Phi) is 5.22. The number of benzene rings is 3. The summed E-state index contributed by atoms with van der Waals surface area (Å²) in [5, 5.41) is 4.93. The molecule has 0 aliphatic heterocycles. The van der Waals surface area contributed by atoms with E-state index in [-0.39, 0.29) is 11.6 Å². The van der Waals surface area contributed by atoms with Gasteiger partial charge in [-0.1, -0.05) is 59.6 Å². The van der Waals surface area contributed by atoms with Crippen LogP contribution in [-0.4, -0.2) is 18.8 Å². The fraction of sp³-hybridized carbons (Fsp3) is 0.0526. The van der Waals surface area contributed by atoms with E-state index in [1.54, 1.807) is 24.3 Å². The van der Waals surface area contributed by atoms with Gasteiger partial charge in [0.15, 0.2) is 12.9 Å². The molecule has 0 saturated heterocycles. The van der Waals surface area contributed by atoms with Crippen molar-refractivity contribution in [2.75, 3.05) is 11.9 Å². The van der Waals surface area contributed by atoms with Crippen LogP contribution in [0.4, 0.5) is 5.69 Å². The van der Waals surface area contributed by atoms with Crippen LogP contribution in [-0.2, 0) is 4.79 Å². The van der Waals surface area contributed by atoms with Crippen molar-refractivity contribution < 1.29 is 14.3 Å². The number of aldehydes is 1. The number of carbonyl (C=O) groups is 2. The fourth-order valence-corrected chi connectivity index (χ4v) is 2.80. The molecule has 126 valence electrons. The molecular weight excluding hydrogens is 361 g/mol. The lowest BCUT2D eigenvalue weighted by Crippen LogP contribution is -2.20. The van der Waals surface area contributed by atoms with Gasteiger partial charge < -0.3 is 10.1 Å². The highest BCUT2D eigenvalue weighted by atomic mass is 35.5. The van der Waals surface area contributed by atoms with Crippen LogP contribution in [0.15, 0.2) is 54.6 Å². The minimum absolute atomic E-state index is 0.261. The van der Waals surface area contributed by atoms with Gasteiger partial charge in [-0.3, -0.25) is 9.59 Å². The molecule has 0 bridgehead atoms. The number of halogens is 2. The van der Waals surface area contributed by atoms with Crippen molar-refractivity contribution in [2.45, 2.75) is 0 Å². The number of amides is 1. The van der Waals surface area contributed by atoms with Crippen LogP contribution < -0.4 is 10.1 Å². The average molecular weight is 374 g/mol. The Labute approximate surface area is 154 Å².